The number of nitrogens with one attached hydrogen (secondary N) is 4. The molecule has 6 atom stereocenters. The van der Waals surface area contributed by atoms with Gasteiger partial charge in [0.05, 0.1) is 25.3 Å². The number of hydrogen-bond acceptors (Lipinski definition) is 11. The number of unbranched alkanes of at least 4 members (excludes halogenated alkanes) is 12. The Bertz CT molecular complexity index is 2600. The Labute approximate surface area is 447 Å². The normalized spacial score (nSPS) is 17.0. The van der Waals surface area contributed by atoms with Crippen LogP contribution >= 0.6 is 0 Å². The van der Waals surface area contributed by atoms with Crippen molar-refractivity contribution in [3.63, 3.8) is 0 Å². The van der Waals surface area contributed by atoms with Gasteiger partial charge in [-0.3, -0.25) is 33.6 Å². The summed E-state index contributed by atoms with van der Waals surface area (Å²) in [7, 11) is 2.82. The minimum Gasteiger partial charge on any atom is -0.507 e. The number of fused-ring (bicyclic) bond motifs is 6. The van der Waals surface area contributed by atoms with Crippen molar-refractivity contribution in [3.8, 4) is 22.6 Å². The van der Waals surface area contributed by atoms with Gasteiger partial charge >= 0.3 is 0 Å². The number of para-hydroxylation sites is 1. The zero-order valence-corrected chi connectivity index (χ0v) is 45.2. The van der Waals surface area contributed by atoms with Crippen molar-refractivity contribution in [1.82, 2.24) is 30.7 Å². The highest BCUT2D eigenvalue weighted by Crippen LogP contribution is 2.39. The van der Waals surface area contributed by atoms with E-state index < -0.39 is 84.5 Å². The molecule has 0 unspecified atom stereocenters. The first-order valence-corrected chi connectivity index (χ1v) is 27.4. The summed E-state index contributed by atoms with van der Waals surface area (Å²) in [5, 5.41) is 52.0. The summed E-state index contributed by atoms with van der Waals surface area (Å²) in [5.74, 6) is -5.46. The van der Waals surface area contributed by atoms with E-state index in [0.717, 1.165) is 40.6 Å². The molecular weight excluding hydrogens is 969 g/mol. The largest absolute Gasteiger partial charge is 0.507 e. The van der Waals surface area contributed by atoms with Crippen LogP contribution in [0.1, 0.15) is 153 Å². The van der Waals surface area contributed by atoms with E-state index in [1.54, 1.807) is 12.1 Å². The lowest BCUT2D eigenvalue weighted by Gasteiger charge is -2.30. The van der Waals surface area contributed by atoms with Gasteiger partial charge in [0.15, 0.2) is 11.6 Å². The van der Waals surface area contributed by atoms with Crippen LogP contribution in [0.5, 0.6) is 11.5 Å². The van der Waals surface area contributed by atoms with Gasteiger partial charge in [0.1, 0.15) is 29.6 Å². The Hall–Kier alpha value is -6.59. The van der Waals surface area contributed by atoms with Crippen LogP contribution in [0.25, 0.3) is 22.0 Å². The van der Waals surface area contributed by atoms with E-state index in [-0.39, 0.29) is 72.6 Å². The van der Waals surface area contributed by atoms with Crippen LogP contribution in [-0.2, 0) is 46.4 Å². The lowest BCUT2D eigenvalue weighted by molar-refractivity contribution is -0.142. The monoisotopic (exact) mass is 1050 g/mol. The van der Waals surface area contributed by atoms with Gasteiger partial charge in [-0.1, -0.05) is 121 Å². The third-order valence-corrected chi connectivity index (χ3v) is 14.8. The van der Waals surface area contributed by atoms with Crippen LogP contribution in [0.3, 0.4) is 0 Å². The maximum absolute atomic E-state index is 14.4. The smallest absolute Gasteiger partial charge is 0.245 e. The molecule has 17 heteroatoms. The Morgan fingerprint density at radius 3 is 1.99 bits per heavy atom. The van der Waals surface area contributed by atoms with Gasteiger partial charge in [-0.15, -0.1) is 0 Å². The second-order valence-corrected chi connectivity index (χ2v) is 20.7. The average Bonchev–Trinajstić information content (AvgIpc) is 3.82. The molecule has 0 saturated heterocycles. The number of likely N-dealkylation sites (N-methyl/N-ethyl adjacent to an activating group) is 2. The van der Waals surface area contributed by atoms with Crippen molar-refractivity contribution in [2.24, 2.45) is 5.92 Å². The van der Waals surface area contributed by atoms with Crippen molar-refractivity contribution in [2.45, 2.75) is 173 Å². The standard InChI is InChI=1S/C59H82N6O11/c1-6-7-8-9-10-11-12-13-14-15-16-17-18-23-54(72)64(4)49(37-67)59(76)61-39(3)50(68)28-29-55(73)65(5)56-41-25-27-52(70)46(34-41)45-31-40(24-26-51(45)69)32-48(63-57(74)38(2)30-53(56)71)58(75)62-43(36-66)33-42-35-60-47-22-20-19-21-44(42)47/h19-22,24-27,31,34-35,38-39,43,48-49,56,60,66-67,69-70H,6-18,23,28-30,32-33,36-37H2,1-5H3,(H,61,76)(H,62,75)(H,63,74)/t38-,39-,43+,48+,49-,56+/m1/s1. The minimum atomic E-state index is -1.34. The highest BCUT2D eigenvalue weighted by molar-refractivity contribution is 5.97. The van der Waals surface area contributed by atoms with Crippen molar-refractivity contribution >= 4 is 52.0 Å². The van der Waals surface area contributed by atoms with E-state index in [4.69, 9.17) is 0 Å². The van der Waals surface area contributed by atoms with Crippen molar-refractivity contribution in [1.29, 1.82) is 0 Å². The number of nitrogens with zero attached hydrogens (tertiary/aromatic N) is 2. The molecule has 0 spiro atoms. The number of aromatic nitrogens is 1. The van der Waals surface area contributed by atoms with Crippen LogP contribution in [0.2, 0.25) is 0 Å². The van der Waals surface area contributed by atoms with Gasteiger partial charge < -0.3 is 51.2 Å². The van der Waals surface area contributed by atoms with Crippen LogP contribution in [0.4, 0.5) is 0 Å². The first kappa shape index (κ1) is 60.3. The summed E-state index contributed by atoms with van der Waals surface area (Å²) < 4.78 is 0. The van der Waals surface area contributed by atoms with Crippen LogP contribution in [0.15, 0.2) is 66.9 Å². The summed E-state index contributed by atoms with van der Waals surface area (Å²) in [6.07, 6.45) is 16.3. The number of H-pyrrole nitrogens is 1. The predicted molar refractivity (Wildman–Crippen MR) is 292 cm³/mol. The van der Waals surface area contributed by atoms with Gasteiger partial charge in [0, 0.05) is 80.3 Å². The van der Waals surface area contributed by atoms with Gasteiger partial charge in [-0.05, 0) is 66.8 Å². The number of aliphatic hydroxyl groups excluding tert-OH is 2. The number of aliphatic hydroxyl groups is 2. The molecule has 0 aliphatic carbocycles. The number of aromatic amines is 1. The molecule has 4 aromatic rings. The van der Waals surface area contributed by atoms with Gasteiger partial charge in [-0.25, -0.2) is 0 Å². The van der Waals surface area contributed by atoms with E-state index in [1.165, 1.54) is 115 Å². The van der Waals surface area contributed by atoms with E-state index >= 15 is 0 Å². The first-order chi connectivity index (χ1) is 36.5. The second kappa shape index (κ2) is 30.2. The van der Waals surface area contributed by atoms with Crippen LogP contribution < -0.4 is 16.0 Å². The Morgan fingerprint density at radius 1 is 0.724 bits per heavy atom. The van der Waals surface area contributed by atoms with Crippen molar-refractivity contribution < 1.29 is 54.0 Å². The van der Waals surface area contributed by atoms with E-state index in [9.17, 15) is 54.0 Å². The molecule has 1 aromatic heterocycles. The summed E-state index contributed by atoms with van der Waals surface area (Å²) in [4.78, 5) is 102. The summed E-state index contributed by atoms with van der Waals surface area (Å²) in [6, 6.07) is 10.8. The second-order valence-electron chi connectivity index (χ2n) is 20.7. The average molecular weight is 1050 g/mol. The number of phenolic OH excluding ortho intramolecular Hbond substituents is 2. The fourth-order valence-electron chi connectivity index (χ4n) is 9.97. The number of benzene rings is 3. The number of hydrogen-bond donors (Lipinski definition) is 8. The number of ketones is 2. The fraction of sp³-hybridized carbons (Fsp3) is 0.542. The highest BCUT2D eigenvalue weighted by Gasteiger charge is 2.35. The Balaban J connectivity index is 1.20. The third-order valence-electron chi connectivity index (χ3n) is 14.8. The number of phenols is 2. The number of rotatable bonds is 28. The molecule has 2 heterocycles. The molecule has 5 rings (SSSR count). The number of carbonyl (C=O) groups excluding carboxylic acids is 7. The lowest BCUT2D eigenvalue weighted by Crippen LogP contribution is -2.53. The highest BCUT2D eigenvalue weighted by atomic mass is 16.3. The molecule has 17 nitrogen and oxygen atoms in total. The zero-order chi connectivity index (χ0) is 55.3. The summed E-state index contributed by atoms with van der Waals surface area (Å²) in [5.41, 5.74) is 2.78. The first-order valence-electron chi connectivity index (χ1n) is 27.4. The SMILES string of the molecule is CCCCCCCCCCCCCCCC(=O)N(C)[C@H](CO)C(=O)N[C@H](C)C(=O)CCC(=O)N(C)[C@@H]1C(=O)C[C@@H](C)C(=O)N[C@H](C(=O)N[C@H](CO)Cc2c[nH]c3ccccc23)Cc2ccc(O)c(c2)-c2cc1ccc2O. The number of amides is 5. The topological polar surface area (TPSA) is 259 Å². The van der Waals surface area contributed by atoms with Gasteiger partial charge in [-0.2, -0.15) is 0 Å². The third kappa shape index (κ3) is 17.2. The molecule has 76 heavy (non-hydrogen) atoms. The summed E-state index contributed by atoms with van der Waals surface area (Å²) >= 11 is 0. The van der Waals surface area contributed by atoms with Crippen LogP contribution in [-0.4, -0.2) is 128 Å². The number of aromatic hydroxyl groups is 2. The molecule has 8 N–H and O–H groups in total. The van der Waals surface area contributed by atoms with E-state index in [2.05, 4.69) is 27.9 Å². The molecule has 0 radical (unpaired) electrons. The molecule has 4 bridgehead atoms. The molecular formula is C59H82N6O11. The predicted octanol–water partition coefficient (Wildman–Crippen LogP) is 7.26. The molecule has 0 fully saturated rings. The minimum absolute atomic E-state index is 0.0591. The van der Waals surface area contributed by atoms with Crippen LogP contribution in [0, 0.1) is 5.92 Å². The molecule has 3 aromatic carbocycles. The van der Waals surface area contributed by atoms with Gasteiger partial charge in [0.2, 0.25) is 29.5 Å². The van der Waals surface area contributed by atoms with Gasteiger partial charge in [0.25, 0.3) is 0 Å². The maximum atomic E-state index is 14.4. The molecule has 0 saturated carbocycles. The zero-order valence-electron chi connectivity index (χ0n) is 45.2. The molecule has 1 aliphatic heterocycles. The van der Waals surface area contributed by atoms with E-state index in [1.807, 2.05) is 30.5 Å². The van der Waals surface area contributed by atoms with Crippen molar-refractivity contribution in [2.75, 3.05) is 27.3 Å². The Morgan fingerprint density at radius 2 is 1.34 bits per heavy atom. The fourth-order valence-corrected chi connectivity index (χ4v) is 9.97. The van der Waals surface area contributed by atoms with Crippen molar-refractivity contribution in [3.05, 3.63) is 83.6 Å². The van der Waals surface area contributed by atoms with E-state index in [0.29, 0.717) is 12.0 Å². The molecule has 414 valence electrons. The molecule has 5 amide bonds. The summed E-state index contributed by atoms with van der Waals surface area (Å²) in [6.45, 7) is 4.12. The maximum Gasteiger partial charge on any atom is 0.245 e. The number of carbonyl (C=O) groups is 7. The quantitative estimate of drug-likeness (QED) is 0.0263. The lowest BCUT2D eigenvalue weighted by atomic mass is 9.89. The Kier molecular flexibility index (Phi) is 24.0. The molecule has 1 aliphatic rings. The number of Topliss-reactive ketones (excluding diaryl/α,β-unsaturated/α-hetero) is 2.